The normalized spacial score (nSPS) is 9.93. The summed E-state index contributed by atoms with van der Waals surface area (Å²) in [5.41, 5.74) is 1.22. The fraction of sp³-hybridized carbons (Fsp3) is 0.444. The summed E-state index contributed by atoms with van der Waals surface area (Å²) in [6.45, 7) is 1.78. The lowest BCUT2D eigenvalue weighted by atomic mass is 10.1. The number of ether oxygens (including phenoxy) is 1. The van der Waals surface area contributed by atoms with Crippen molar-refractivity contribution in [3.05, 3.63) is 17.5 Å². The molecule has 0 spiro atoms. The molecule has 0 saturated carbocycles. The lowest BCUT2D eigenvalue weighted by Crippen LogP contribution is -2.10. The number of carbonyl (C=O) groups is 2. The Morgan fingerprint density at radius 2 is 2.21 bits per heavy atom. The number of esters is 1. The molecule has 1 rings (SSSR count). The zero-order chi connectivity index (χ0) is 10.7. The molecular weight excluding hydrogens is 184 g/mol. The second-order valence-corrected chi connectivity index (χ2v) is 2.94. The van der Waals surface area contributed by atoms with Crippen molar-refractivity contribution in [2.24, 2.45) is 7.05 Å². The Morgan fingerprint density at radius 3 is 2.64 bits per heavy atom. The number of hydrogen-bond acceptors (Lipinski definition) is 4. The summed E-state index contributed by atoms with van der Waals surface area (Å²) in [5.74, 6) is -0.791. The molecule has 0 bridgehead atoms. The van der Waals surface area contributed by atoms with Gasteiger partial charge in [-0.2, -0.15) is 5.10 Å². The molecule has 0 amide bonds. The van der Waals surface area contributed by atoms with Crippen LogP contribution in [0.15, 0.2) is 6.20 Å². The summed E-state index contributed by atoms with van der Waals surface area (Å²) in [4.78, 5) is 22.3. The van der Waals surface area contributed by atoms with E-state index >= 15 is 0 Å². The van der Waals surface area contributed by atoms with Crippen LogP contribution in [0.3, 0.4) is 0 Å². The van der Waals surface area contributed by atoms with Gasteiger partial charge in [-0.05, 0) is 6.92 Å². The van der Waals surface area contributed by atoms with E-state index in [1.807, 2.05) is 0 Å². The van der Waals surface area contributed by atoms with E-state index in [-0.39, 0.29) is 12.2 Å². The van der Waals surface area contributed by atoms with Crippen LogP contribution in [0.1, 0.15) is 22.5 Å². The number of ketones is 1. The molecule has 1 aromatic heterocycles. The molecule has 0 unspecified atom stereocenters. The number of Topliss-reactive ketones (excluding diaryl/α,β-unsaturated/α-hetero) is 1. The van der Waals surface area contributed by atoms with Gasteiger partial charge >= 0.3 is 5.97 Å². The zero-order valence-electron chi connectivity index (χ0n) is 8.40. The number of methoxy groups -OCH3 is 1. The Hall–Kier alpha value is -1.65. The van der Waals surface area contributed by atoms with Gasteiger partial charge in [-0.3, -0.25) is 14.3 Å². The summed E-state index contributed by atoms with van der Waals surface area (Å²) in [6.07, 6.45) is 1.23. The molecule has 5 heteroatoms. The van der Waals surface area contributed by atoms with Crippen molar-refractivity contribution in [1.29, 1.82) is 0 Å². The predicted molar refractivity (Wildman–Crippen MR) is 48.9 cm³/mol. The van der Waals surface area contributed by atoms with E-state index in [2.05, 4.69) is 9.84 Å². The van der Waals surface area contributed by atoms with Crippen molar-refractivity contribution in [2.45, 2.75) is 13.3 Å². The first-order chi connectivity index (χ1) is 6.56. The van der Waals surface area contributed by atoms with Gasteiger partial charge < -0.3 is 4.74 Å². The van der Waals surface area contributed by atoms with E-state index in [1.54, 1.807) is 18.7 Å². The Morgan fingerprint density at radius 1 is 1.57 bits per heavy atom. The average Bonchev–Trinajstić information content (AvgIpc) is 2.47. The van der Waals surface area contributed by atoms with Gasteiger partial charge in [-0.15, -0.1) is 0 Å². The number of carbonyl (C=O) groups excluding carboxylic acids is 2. The van der Waals surface area contributed by atoms with Crippen molar-refractivity contribution in [3.63, 3.8) is 0 Å². The predicted octanol–water partition coefficient (Wildman–Crippen LogP) is 0.474. The quantitative estimate of drug-likeness (QED) is 0.400. The van der Waals surface area contributed by atoms with Gasteiger partial charge in [-0.25, -0.2) is 0 Å². The Labute approximate surface area is 81.7 Å². The lowest BCUT2D eigenvalue weighted by Gasteiger charge is -1.99. The maximum absolute atomic E-state index is 11.5. The highest BCUT2D eigenvalue weighted by Crippen LogP contribution is 2.08. The van der Waals surface area contributed by atoms with Gasteiger partial charge in [0, 0.05) is 12.7 Å². The van der Waals surface area contributed by atoms with E-state index in [9.17, 15) is 9.59 Å². The van der Waals surface area contributed by atoms with Crippen molar-refractivity contribution in [1.82, 2.24) is 9.78 Å². The molecule has 0 aromatic carbocycles. The SMILES string of the molecule is COC(=O)CC(=O)c1cnn(C)c1C. The fourth-order valence-corrected chi connectivity index (χ4v) is 1.07. The van der Waals surface area contributed by atoms with E-state index in [4.69, 9.17) is 0 Å². The molecule has 0 saturated heterocycles. The molecule has 1 aromatic rings. The van der Waals surface area contributed by atoms with Gasteiger partial charge in [0.15, 0.2) is 5.78 Å². The third kappa shape index (κ3) is 1.99. The standard InChI is InChI=1S/C9H12N2O3/c1-6-7(5-10-11(6)2)8(12)4-9(13)14-3/h5H,4H2,1-3H3. The van der Waals surface area contributed by atoms with Gasteiger partial charge in [0.1, 0.15) is 6.42 Å². The first kappa shape index (κ1) is 10.4. The monoisotopic (exact) mass is 196 g/mol. The van der Waals surface area contributed by atoms with Crippen molar-refractivity contribution in [3.8, 4) is 0 Å². The topological polar surface area (TPSA) is 61.2 Å². The first-order valence-corrected chi connectivity index (χ1v) is 4.15. The molecule has 0 atom stereocenters. The molecule has 1 heterocycles. The Kier molecular flexibility index (Phi) is 3.01. The summed E-state index contributed by atoms with van der Waals surface area (Å²) in [6, 6.07) is 0. The number of aryl methyl sites for hydroxylation is 1. The lowest BCUT2D eigenvalue weighted by molar-refractivity contribution is -0.139. The number of aromatic nitrogens is 2. The molecule has 0 radical (unpaired) electrons. The maximum atomic E-state index is 11.5. The minimum Gasteiger partial charge on any atom is -0.469 e. The van der Waals surface area contributed by atoms with Gasteiger partial charge in [-0.1, -0.05) is 0 Å². The van der Waals surface area contributed by atoms with Crippen LogP contribution < -0.4 is 0 Å². The van der Waals surface area contributed by atoms with Gasteiger partial charge in [0.25, 0.3) is 0 Å². The van der Waals surface area contributed by atoms with Crippen LogP contribution in [-0.4, -0.2) is 28.6 Å². The van der Waals surface area contributed by atoms with Crippen LogP contribution in [-0.2, 0) is 16.6 Å². The van der Waals surface area contributed by atoms with E-state index in [0.29, 0.717) is 5.56 Å². The van der Waals surface area contributed by atoms with Crippen LogP contribution in [0.4, 0.5) is 0 Å². The van der Waals surface area contributed by atoms with E-state index < -0.39 is 5.97 Å². The second-order valence-electron chi connectivity index (χ2n) is 2.94. The van der Waals surface area contributed by atoms with Crippen molar-refractivity contribution < 1.29 is 14.3 Å². The summed E-state index contributed by atoms with van der Waals surface area (Å²) >= 11 is 0. The third-order valence-electron chi connectivity index (χ3n) is 2.07. The third-order valence-corrected chi connectivity index (χ3v) is 2.07. The Balaban J connectivity index is 2.80. The van der Waals surface area contributed by atoms with Crippen LogP contribution in [0.5, 0.6) is 0 Å². The molecule has 0 aliphatic carbocycles. The number of nitrogens with zero attached hydrogens (tertiary/aromatic N) is 2. The highest BCUT2D eigenvalue weighted by atomic mass is 16.5. The second kappa shape index (κ2) is 4.04. The smallest absolute Gasteiger partial charge is 0.313 e. The minimum absolute atomic E-state index is 0.233. The molecule has 76 valence electrons. The molecule has 0 aliphatic heterocycles. The fourth-order valence-electron chi connectivity index (χ4n) is 1.07. The molecular formula is C9H12N2O3. The first-order valence-electron chi connectivity index (χ1n) is 4.15. The van der Waals surface area contributed by atoms with E-state index in [1.165, 1.54) is 13.3 Å². The zero-order valence-corrected chi connectivity index (χ0v) is 8.40. The molecule has 0 N–H and O–H groups in total. The van der Waals surface area contributed by atoms with Crippen molar-refractivity contribution in [2.75, 3.05) is 7.11 Å². The Bertz CT molecular complexity index is 368. The van der Waals surface area contributed by atoms with Crippen LogP contribution >= 0.6 is 0 Å². The van der Waals surface area contributed by atoms with Crippen molar-refractivity contribution >= 4 is 11.8 Å². The van der Waals surface area contributed by atoms with Crippen LogP contribution in [0.2, 0.25) is 0 Å². The maximum Gasteiger partial charge on any atom is 0.313 e. The van der Waals surface area contributed by atoms with Gasteiger partial charge in [0.2, 0.25) is 0 Å². The molecule has 5 nitrogen and oxygen atoms in total. The van der Waals surface area contributed by atoms with E-state index in [0.717, 1.165) is 5.69 Å². The minimum atomic E-state index is -0.529. The molecule has 0 fully saturated rings. The number of hydrogen-bond donors (Lipinski definition) is 0. The highest BCUT2D eigenvalue weighted by molar-refractivity contribution is 6.06. The highest BCUT2D eigenvalue weighted by Gasteiger charge is 2.16. The van der Waals surface area contributed by atoms with Crippen LogP contribution in [0, 0.1) is 6.92 Å². The summed E-state index contributed by atoms with van der Waals surface area (Å²) in [7, 11) is 3.00. The van der Waals surface area contributed by atoms with Gasteiger partial charge in [0.05, 0.1) is 18.9 Å². The average molecular weight is 196 g/mol. The molecule has 14 heavy (non-hydrogen) atoms. The molecule has 0 aliphatic rings. The number of rotatable bonds is 3. The van der Waals surface area contributed by atoms with Crippen LogP contribution in [0.25, 0.3) is 0 Å². The largest absolute Gasteiger partial charge is 0.469 e. The summed E-state index contributed by atoms with van der Waals surface area (Å²) in [5, 5.41) is 3.91. The summed E-state index contributed by atoms with van der Waals surface area (Å²) < 4.78 is 5.99.